The van der Waals surface area contributed by atoms with E-state index in [1.807, 2.05) is 0 Å². The van der Waals surface area contributed by atoms with Crippen LogP contribution in [-0.4, -0.2) is 22.9 Å². The van der Waals surface area contributed by atoms with Crippen LogP contribution in [0.5, 0.6) is 11.5 Å². The van der Waals surface area contributed by atoms with Crippen LogP contribution >= 0.6 is 15.9 Å². The van der Waals surface area contributed by atoms with Gasteiger partial charge in [0.15, 0.2) is 5.78 Å². The predicted molar refractivity (Wildman–Crippen MR) is 122 cm³/mol. The third kappa shape index (κ3) is 3.69. The number of halogens is 3. The van der Waals surface area contributed by atoms with Crippen molar-refractivity contribution >= 4 is 42.6 Å². The van der Waals surface area contributed by atoms with Gasteiger partial charge in [0.05, 0.1) is 11.1 Å². The quantitative estimate of drug-likeness (QED) is 0.372. The average Bonchev–Trinajstić information content (AvgIpc) is 3.16. The van der Waals surface area contributed by atoms with Crippen molar-refractivity contribution in [1.29, 1.82) is 0 Å². The summed E-state index contributed by atoms with van der Waals surface area (Å²) in [4.78, 5) is 11.5. The lowest BCUT2D eigenvalue weighted by molar-refractivity contribution is 0.101. The lowest BCUT2D eigenvalue weighted by Gasteiger charge is -2.29. The lowest BCUT2D eigenvalue weighted by Crippen LogP contribution is -2.40. The van der Waals surface area contributed by atoms with Gasteiger partial charge in [0.25, 0.3) is 10.0 Å². The van der Waals surface area contributed by atoms with E-state index in [1.54, 1.807) is 30.3 Å². The zero-order valence-electron chi connectivity index (χ0n) is 17.1. The molecule has 1 heterocycles. The molecule has 1 atom stereocenters. The van der Waals surface area contributed by atoms with Crippen molar-refractivity contribution in [2.75, 3.05) is 0 Å². The highest BCUT2D eigenvalue weighted by atomic mass is 79.9. The number of rotatable bonds is 5. The maximum absolute atomic E-state index is 14.7. The summed E-state index contributed by atoms with van der Waals surface area (Å²) in [5.74, 6) is -1.17. The second-order valence-electron chi connectivity index (χ2n) is 7.65. The number of nitrogens with zero attached hydrogens (tertiary/aromatic N) is 1. The maximum Gasteiger partial charge on any atom is 0.251 e. The molecule has 1 aromatic heterocycles. The van der Waals surface area contributed by atoms with Gasteiger partial charge in [-0.15, -0.1) is 0 Å². The summed E-state index contributed by atoms with van der Waals surface area (Å²) in [7, 11) is -4.12. The van der Waals surface area contributed by atoms with Crippen molar-refractivity contribution in [1.82, 2.24) is 3.97 Å². The molecular formula is C23H18BrF2NO4S. The van der Waals surface area contributed by atoms with Gasteiger partial charge in [0, 0.05) is 16.1 Å². The van der Waals surface area contributed by atoms with Gasteiger partial charge >= 0.3 is 0 Å². The lowest BCUT2D eigenvalue weighted by atomic mass is 10.0. The van der Waals surface area contributed by atoms with E-state index in [0.717, 1.165) is 16.1 Å². The molecule has 0 spiro atoms. The first-order valence-electron chi connectivity index (χ1n) is 9.61. The van der Waals surface area contributed by atoms with Crippen molar-refractivity contribution in [3.05, 3.63) is 82.5 Å². The Morgan fingerprint density at radius 1 is 1.12 bits per heavy atom. The SMILES string of the molecule is CC(=O)c1cc(Oc2ccc3c(ccn3S(=O)(=O)C3(C)CC=C(Br)C=C3F)c2)ccc1F. The Morgan fingerprint density at radius 3 is 2.50 bits per heavy atom. The second-order valence-corrected chi connectivity index (χ2v) is 10.8. The largest absolute Gasteiger partial charge is 0.457 e. The molecular weight excluding hydrogens is 504 g/mol. The standard InChI is InChI=1S/C23H18BrF2NO4S/c1-14(28)19-13-18(3-5-20(19)25)31-17-4-6-21-15(11-17)8-10-27(21)32(29,30)23(2)9-7-16(24)12-22(23)26/h3-8,10-13H,9H2,1-2H3. The summed E-state index contributed by atoms with van der Waals surface area (Å²) in [5.41, 5.74) is 0.279. The summed E-state index contributed by atoms with van der Waals surface area (Å²) in [5, 5.41) is 0.556. The number of carbonyl (C=O) groups is 1. The number of ether oxygens (including phenoxy) is 1. The molecule has 1 aliphatic rings. The Kier molecular flexibility index (Phi) is 5.58. The zero-order chi connectivity index (χ0) is 23.3. The molecule has 9 heteroatoms. The number of aromatic nitrogens is 1. The van der Waals surface area contributed by atoms with Crippen LogP contribution in [0.15, 0.2) is 71.1 Å². The molecule has 0 radical (unpaired) electrons. The predicted octanol–water partition coefficient (Wildman–Crippen LogP) is 6.25. The van der Waals surface area contributed by atoms with E-state index in [-0.39, 0.29) is 17.7 Å². The zero-order valence-corrected chi connectivity index (χ0v) is 19.5. The van der Waals surface area contributed by atoms with E-state index in [1.165, 1.54) is 32.2 Å². The first-order chi connectivity index (χ1) is 15.0. The highest BCUT2D eigenvalue weighted by Gasteiger charge is 2.45. The fourth-order valence-electron chi connectivity index (χ4n) is 3.51. The molecule has 0 saturated heterocycles. The summed E-state index contributed by atoms with van der Waals surface area (Å²) in [6, 6.07) is 10.2. The number of carbonyl (C=O) groups excluding carboxylic acids is 1. The number of Topliss-reactive ketones (excluding diaryl/α,β-unsaturated/α-hetero) is 1. The topological polar surface area (TPSA) is 65.4 Å². The van der Waals surface area contributed by atoms with Crippen LogP contribution in [0.3, 0.4) is 0 Å². The summed E-state index contributed by atoms with van der Waals surface area (Å²) >= 11 is 3.18. The molecule has 0 amide bonds. The summed E-state index contributed by atoms with van der Waals surface area (Å²) in [6.45, 7) is 2.62. The van der Waals surface area contributed by atoms with Crippen molar-refractivity contribution in [3.8, 4) is 11.5 Å². The number of fused-ring (bicyclic) bond motifs is 1. The van der Waals surface area contributed by atoms with E-state index < -0.39 is 32.2 Å². The van der Waals surface area contributed by atoms with Gasteiger partial charge < -0.3 is 4.74 Å². The van der Waals surface area contributed by atoms with Gasteiger partial charge in [-0.25, -0.2) is 21.2 Å². The third-order valence-electron chi connectivity index (χ3n) is 5.46. The number of hydrogen-bond donors (Lipinski definition) is 0. The Bertz CT molecular complexity index is 1430. The third-order valence-corrected chi connectivity index (χ3v) is 8.35. The molecule has 0 bridgehead atoms. The van der Waals surface area contributed by atoms with Crippen LogP contribution in [0.1, 0.15) is 30.6 Å². The Balaban J connectivity index is 1.69. The Hall–Kier alpha value is -2.78. The van der Waals surface area contributed by atoms with Crippen molar-refractivity contribution < 1.29 is 26.7 Å². The van der Waals surface area contributed by atoms with Gasteiger partial charge in [-0.3, -0.25) is 4.79 Å². The number of benzene rings is 2. The van der Waals surface area contributed by atoms with Crippen molar-refractivity contribution in [2.45, 2.75) is 25.0 Å². The van der Waals surface area contributed by atoms with E-state index in [2.05, 4.69) is 15.9 Å². The fraction of sp³-hybridized carbons (Fsp3) is 0.174. The van der Waals surface area contributed by atoms with Crippen LogP contribution < -0.4 is 4.74 Å². The minimum atomic E-state index is -4.12. The molecule has 5 nitrogen and oxygen atoms in total. The van der Waals surface area contributed by atoms with E-state index in [4.69, 9.17) is 4.74 Å². The second kappa shape index (κ2) is 7.97. The van der Waals surface area contributed by atoms with Crippen molar-refractivity contribution in [3.63, 3.8) is 0 Å². The maximum atomic E-state index is 14.7. The van der Waals surface area contributed by atoms with Gasteiger partial charge in [0.2, 0.25) is 0 Å². The van der Waals surface area contributed by atoms with E-state index in [0.29, 0.717) is 21.1 Å². The van der Waals surface area contributed by atoms with E-state index in [9.17, 15) is 22.0 Å². The molecule has 0 N–H and O–H groups in total. The minimum absolute atomic E-state index is 0.0117. The summed E-state index contributed by atoms with van der Waals surface area (Å²) < 4.78 is 60.7. The van der Waals surface area contributed by atoms with Gasteiger partial charge in [0.1, 0.15) is 27.9 Å². The van der Waals surface area contributed by atoms with Crippen molar-refractivity contribution in [2.24, 2.45) is 0 Å². The van der Waals surface area contributed by atoms with Crippen LogP contribution in [0.4, 0.5) is 8.78 Å². The Labute approximate surface area is 192 Å². The smallest absolute Gasteiger partial charge is 0.251 e. The molecule has 166 valence electrons. The normalized spacial score (nSPS) is 18.9. The molecule has 1 unspecified atom stereocenters. The van der Waals surface area contributed by atoms with E-state index >= 15 is 0 Å². The van der Waals surface area contributed by atoms with Gasteiger partial charge in [-0.2, -0.15) is 0 Å². The average molecular weight is 522 g/mol. The molecule has 32 heavy (non-hydrogen) atoms. The minimum Gasteiger partial charge on any atom is -0.457 e. The first kappa shape index (κ1) is 22.4. The van der Waals surface area contributed by atoms with Crippen LogP contribution in [0.25, 0.3) is 10.9 Å². The van der Waals surface area contributed by atoms with Gasteiger partial charge in [-0.05, 0) is 68.8 Å². The molecule has 2 aromatic carbocycles. The Morgan fingerprint density at radius 2 is 1.81 bits per heavy atom. The highest BCUT2D eigenvalue weighted by Crippen LogP contribution is 2.40. The molecule has 4 rings (SSSR count). The first-order valence-corrected chi connectivity index (χ1v) is 11.8. The molecule has 0 saturated carbocycles. The summed E-state index contributed by atoms with van der Waals surface area (Å²) in [6.07, 6.45) is 4.15. The van der Waals surface area contributed by atoms with Gasteiger partial charge in [-0.1, -0.05) is 22.0 Å². The molecule has 1 aliphatic carbocycles. The molecule has 0 fully saturated rings. The number of ketones is 1. The number of allylic oxidation sites excluding steroid dienone is 3. The van der Waals surface area contributed by atoms with Crippen LogP contribution in [0.2, 0.25) is 0 Å². The highest BCUT2D eigenvalue weighted by molar-refractivity contribution is 9.11. The molecule has 3 aromatic rings. The van der Waals surface area contributed by atoms with Crippen LogP contribution in [-0.2, 0) is 10.0 Å². The molecule has 0 aliphatic heterocycles. The van der Waals surface area contributed by atoms with Crippen LogP contribution in [0, 0.1) is 5.82 Å². The monoisotopic (exact) mass is 521 g/mol. The fourth-order valence-corrected chi connectivity index (χ4v) is 5.55. The number of hydrogen-bond acceptors (Lipinski definition) is 4.